The van der Waals surface area contributed by atoms with E-state index in [1.54, 1.807) is 6.92 Å². The number of nitrogens with one attached hydrogen (secondary N) is 1. The Morgan fingerprint density at radius 1 is 1.50 bits per heavy atom. The molecule has 20 heavy (non-hydrogen) atoms. The van der Waals surface area contributed by atoms with Crippen LogP contribution in [0.15, 0.2) is 18.2 Å². The highest BCUT2D eigenvalue weighted by molar-refractivity contribution is 6.07. The number of amides is 3. The van der Waals surface area contributed by atoms with E-state index in [1.807, 2.05) is 0 Å². The number of rotatable bonds is 3. The third kappa shape index (κ3) is 2.76. The summed E-state index contributed by atoms with van der Waals surface area (Å²) in [6.45, 7) is 1.29. The van der Waals surface area contributed by atoms with Gasteiger partial charge in [0, 0.05) is 18.0 Å². The fourth-order valence-corrected chi connectivity index (χ4v) is 1.98. The number of nitrogens with two attached hydrogens (primary N) is 1. The number of carbonyl (C=O) groups is 3. The van der Waals surface area contributed by atoms with E-state index in [-0.39, 0.29) is 30.5 Å². The zero-order valence-corrected chi connectivity index (χ0v) is 10.9. The van der Waals surface area contributed by atoms with Crippen LogP contribution in [-0.4, -0.2) is 29.2 Å². The monoisotopic (exact) mass is 279 g/mol. The predicted molar refractivity (Wildman–Crippen MR) is 69.9 cm³/mol. The Balaban J connectivity index is 2.00. The van der Waals surface area contributed by atoms with Crippen LogP contribution < -0.4 is 11.1 Å². The van der Waals surface area contributed by atoms with Crippen molar-refractivity contribution in [3.05, 3.63) is 24.0 Å². The lowest BCUT2D eigenvalue weighted by atomic mass is 10.1. The summed E-state index contributed by atoms with van der Waals surface area (Å²) in [4.78, 5) is 35.9. The van der Waals surface area contributed by atoms with Gasteiger partial charge in [-0.25, -0.2) is 4.39 Å². The molecule has 3 N–H and O–H groups in total. The van der Waals surface area contributed by atoms with Gasteiger partial charge < -0.3 is 11.1 Å². The predicted octanol–water partition coefficient (Wildman–Crippen LogP) is 0.741. The summed E-state index contributed by atoms with van der Waals surface area (Å²) in [5.74, 6) is -2.23. The van der Waals surface area contributed by atoms with Crippen molar-refractivity contribution in [2.45, 2.75) is 13.3 Å². The number of benzene rings is 1. The van der Waals surface area contributed by atoms with Crippen LogP contribution in [-0.2, 0) is 14.4 Å². The molecule has 1 saturated heterocycles. The van der Waals surface area contributed by atoms with Crippen molar-refractivity contribution in [2.24, 2.45) is 5.92 Å². The van der Waals surface area contributed by atoms with Crippen molar-refractivity contribution in [3.8, 4) is 0 Å². The Morgan fingerprint density at radius 3 is 2.75 bits per heavy atom. The van der Waals surface area contributed by atoms with E-state index in [0.717, 1.165) is 11.0 Å². The first-order valence-electron chi connectivity index (χ1n) is 6.07. The smallest absolute Gasteiger partial charge is 0.244 e. The zero-order chi connectivity index (χ0) is 14.9. The van der Waals surface area contributed by atoms with Crippen molar-refractivity contribution in [2.75, 3.05) is 17.6 Å². The van der Waals surface area contributed by atoms with Gasteiger partial charge in [0.1, 0.15) is 12.4 Å². The highest BCUT2D eigenvalue weighted by Crippen LogP contribution is 2.19. The molecule has 0 bridgehead atoms. The second kappa shape index (κ2) is 5.28. The van der Waals surface area contributed by atoms with E-state index < -0.39 is 17.6 Å². The van der Waals surface area contributed by atoms with E-state index in [4.69, 9.17) is 5.73 Å². The molecule has 0 spiro atoms. The van der Waals surface area contributed by atoms with E-state index in [1.165, 1.54) is 12.1 Å². The quantitative estimate of drug-likeness (QED) is 0.630. The minimum absolute atomic E-state index is 0.0928. The molecule has 1 aromatic rings. The molecule has 1 aliphatic heterocycles. The maximum absolute atomic E-state index is 13.0. The molecule has 3 amide bonds. The summed E-state index contributed by atoms with van der Waals surface area (Å²) in [7, 11) is 0. The molecule has 2 rings (SSSR count). The number of likely N-dealkylation sites (tertiary alicyclic amines) is 1. The molecule has 1 atom stereocenters. The van der Waals surface area contributed by atoms with Gasteiger partial charge in [-0.05, 0) is 18.2 Å². The highest BCUT2D eigenvalue weighted by atomic mass is 19.1. The van der Waals surface area contributed by atoms with Gasteiger partial charge in [-0.2, -0.15) is 0 Å². The molecule has 0 aromatic heterocycles. The topological polar surface area (TPSA) is 92.5 Å². The average Bonchev–Trinajstić information content (AvgIpc) is 2.61. The number of hydrogen-bond acceptors (Lipinski definition) is 4. The van der Waals surface area contributed by atoms with Crippen LogP contribution in [0.2, 0.25) is 0 Å². The summed E-state index contributed by atoms with van der Waals surface area (Å²) in [5, 5.41) is 2.46. The Kier molecular flexibility index (Phi) is 3.69. The van der Waals surface area contributed by atoms with Crippen LogP contribution in [0, 0.1) is 11.7 Å². The number of carbonyl (C=O) groups excluding carboxylic acids is 3. The lowest BCUT2D eigenvalue weighted by Crippen LogP contribution is -2.37. The van der Waals surface area contributed by atoms with E-state index in [2.05, 4.69) is 5.32 Å². The Labute approximate surface area is 114 Å². The molecule has 106 valence electrons. The second-order valence-electron chi connectivity index (χ2n) is 4.71. The molecule has 1 aromatic carbocycles. The molecule has 1 fully saturated rings. The highest BCUT2D eigenvalue weighted by Gasteiger charge is 2.36. The van der Waals surface area contributed by atoms with Gasteiger partial charge in [0.15, 0.2) is 0 Å². The minimum atomic E-state index is -0.582. The third-order valence-corrected chi connectivity index (χ3v) is 3.05. The fraction of sp³-hybridized carbons (Fsp3) is 0.308. The normalized spacial score (nSPS) is 18.5. The third-order valence-electron chi connectivity index (χ3n) is 3.05. The van der Waals surface area contributed by atoms with Crippen LogP contribution in [0.1, 0.15) is 13.3 Å². The van der Waals surface area contributed by atoms with Crippen molar-refractivity contribution in [1.29, 1.82) is 0 Å². The number of nitrogen functional groups attached to an aromatic ring is 1. The average molecular weight is 279 g/mol. The van der Waals surface area contributed by atoms with E-state index in [0.29, 0.717) is 5.69 Å². The van der Waals surface area contributed by atoms with Gasteiger partial charge in [0.05, 0.1) is 5.69 Å². The Hall–Kier alpha value is -2.44. The van der Waals surface area contributed by atoms with Crippen LogP contribution in [0.3, 0.4) is 0 Å². The maximum atomic E-state index is 13.0. The van der Waals surface area contributed by atoms with E-state index in [9.17, 15) is 18.8 Å². The molecular formula is C13H14FN3O3. The molecule has 7 heteroatoms. The van der Waals surface area contributed by atoms with Crippen molar-refractivity contribution >= 4 is 29.1 Å². The summed E-state index contributed by atoms with van der Waals surface area (Å²) in [6.07, 6.45) is 0.121. The molecule has 0 radical (unpaired) electrons. The summed E-state index contributed by atoms with van der Waals surface area (Å²) in [6, 6.07) is 3.74. The zero-order valence-electron chi connectivity index (χ0n) is 10.9. The molecular weight excluding hydrogens is 265 g/mol. The number of halogens is 1. The standard InChI is InChI=1S/C13H14FN3O3/c1-7-4-12(19)17(13(7)20)6-11(18)16-8-2-3-9(14)10(15)5-8/h2-3,5,7H,4,6,15H2,1H3,(H,16,18). The molecule has 0 saturated carbocycles. The van der Waals surface area contributed by atoms with Crippen molar-refractivity contribution in [1.82, 2.24) is 4.90 Å². The van der Waals surface area contributed by atoms with Gasteiger partial charge in [0.2, 0.25) is 17.7 Å². The fourth-order valence-electron chi connectivity index (χ4n) is 1.98. The minimum Gasteiger partial charge on any atom is -0.396 e. The van der Waals surface area contributed by atoms with Gasteiger partial charge >= 0.3 is 0 Å². The van der Waals surface area contributed by atoms with Gasteiger partial charge in [-0.15, -0.1) is 0 Å². The Bertz CT molecular complexity index is 588. The summed E-state index contributed by atoms with van der Waals surface area (Å²) < 4.78 is 13.0. The summed E-state index contributed by atoms with van der Waals surface area (Å²) >= 11 is 0. The SMILES string of the molecule is CC1CC(=O)N(CC(=O)Nc2ccc(F)c(N)c2)C1=O. The molecule has 1 unspecified atom stereocenters. The van der Waals surface area contributed by atoms with Crippen LogP contribution in [0.25, 0.3) is 0 Å². The van der Waals surface area contributed by atoms with Gasteiger partial charge in [-0.3, -0.25) is 19.3 Å². The molecule has 1 heterocycles. The molecule has 6 nitrogen and oxygen atoms in total. The van der Waals surface area contributed by atoms with Crippen LogP contribution in [0.5, 0.6) is 0 Å². The van der Waals surface area contributed by atoms with Gasteiger partial charge in [0.25, 0.3) is 0 Å². The molecule has 1 aliphatic rings. The van der Waals surface area contributed by atoms with Crippen molar-refractivity contribution in [3.63, 3.8) is 0 Å². The maximum Gasteiger partial charge on any atom is 0.244 e. The first kappa shape index (κ1) is 14.0. The lowest BCUT2D eigenvalue weighted by molar-refractivity contribution is -0.142. The first-order valence-corrected chi connectivity index (χ1v) is 6.07. The van der Waals surface area contributed by atoms with Gasteiger partial charge in [-0.1, -0.05) is 6.92 Å². The first-order chi connectivity index (χ1) is 9.38. The lowest BCUT2D eigenvalue weighted by Gasteiger charge is -2.14. The number of anilines is 2. The van der Waals surface area contributed by atoms with Crippen LogP contribution >= 0.6 is 0 Å². The number of nitrogens with zero attached hydrogens (tertiary/aromatic N) is 1. The Morgan fingerprint density at radius 2 is 2.20 bits per heavy atom. The van der Waals surface area contributed by atoms with E-state index >= 15 is 0 Å². The van der Waals surface area contributed by atoms with Crippen molar-refractivity contribution < 1.29 is 18.8 Å². The number of imide groups is 1. The largest absolute Gasteiger partial charge is 0.396 e. The summed E-state index contributed by atoms with van der Waals surface area (Å²) in [5.41, 5.74) is 5.59. The second-order valence-corrected chi connectivity index (χ2v) is 4.71. The van der Waals surface area contributed by atoms with Crippen LogP contribution in [0.4, 0.5) is 15.8 Å². The number of hydrogen-bond donors (Lipinski definition) is 2. The molecule has 0 aliphatic carbocycles.